The second-order valence-corrected chi connectivity index (χ2v) is 6.16. The quantitative estimate of drug-likeness (QED) is 0.799. The highest BCUT2D eigenvalue weighted by atomic mass is 19.1. The number of likely N-dealkylation sites (tertiary alicyclic amines) is 1. The average molecular weight is 323 g/mol. The lowest BCUT2D eigenvalue weighted by Crippen LogP contribution is -2.51. The van der Waals surface area contributed by atoms with Gasteiger partial charge in [-0.25, -0.2) is 4.39 Å². The minimum absolute atomic E-state index is 0.148. The van der Waals surface area contributed by atoms with Crippen LogP contribution in [0.25, 0.3) is 0 Å². The van der Waals surface area contributed by atoms with Crippen LogP contribution in [0.15, 0.2) is 24.3 Å². The molecule has 0 unspecified atom stereocenters. The lowest BCUT2D eigenvalue weighted by Gasteiger charge is -2.36. The van der Waals surface area contributed by atoms with Gasteiger partial charge in [-0.2, -0.15) is 0 Å². The lowest BCUT2D eigenvalue weighted by molar-refractivity contribution is -0.152. The molecule has 0 saturated carbocycles. The van der Waals surface area contributed by atoms with Gasteiger partial charge in [0.1, 0.15) is 11.6 Å². The van der Waals surface area contributed by atoms with Crippen molar-refractivity contribution in [3.05, 3.63) is 30.1 Å². The molecule has 1 aromatic rings. The van der Waals surface area contributed by atoms with E-state index in [1.165, 1.54) is 31.4 Å². The minimum Gasteiger partial charge on any atom is -0.478 e. The Morgan fingerprint density at radius 2 is 1.74 bits per heavy atom. The number of halogens is 1. The Labute approximate surface area is 135 Å². The highest BCUT2D eigenvalue weighted by molar-refractivity contribution is 5.85. The topological polar surface area (TPSA) is 55.8 Å². The number of ether oxygens (including phenoxy) is 2. The van der Waals surface area contributed by atoms with Gasteiger partial charge in [0.15, 0.2) is 5.60 Å². The third kappa shape index (κ3) is 4.21. The first kappa shape index (κ1) is 17.2. The number of piperidine rings is 1. The molecule has 2 rings (SSSR count). The molecular formula is C17H22FNO4. The maximum absolute atomic E-state index is 12.9. The number of esters is 1. The summed E-state index contributed by atoms with van der Waals surface area (Å²) in [6, 6.07) is 5.57. The summed E-state index contributed by atoms with van der Waals surface area (Å²) in [6.07, 6.45) is 1.18. The summed E-state index contributed by atoms with van der Waals surface area (Å²) in [7, 11) is 1.37. The highest BCUT2D eigenvalue weighted by Gasteiger charge is 2.37. The van der Waals surface area contributed by atoms with E-state index in [4.69, 9.17) is 9.47 Å². The molecule has 1 amide bonds. The number of benzene rings is 1. The van der Waals surface area contributed by atoms with Crippen LogP contribution in [0.1, 0.15) is 26.7 Å². The van der Waals surface area contributed by atoms with Crippen molar-refractivity contribution in [3.63, 3.8) is 0 Å². The summed E-state index contributed by atoms with van der Waals surface area (Å²) >= 11 is 0. The SMILES string of the molecule is COC(=O)C1CCN(C(=O)C(C)(C)Oc2ccc(F)cc2)CC1. The minimum atomic E-state index is -1.06. The maximum Gasteiger partial charge on any atom is 0.308 e. The van der Waals surface area contributed by atoms with Gasteiger partial charge in [0.25, 0.3) is 5.91 Å². The molecule has 0 aromatic heterocycles. The first-order valence-corrected chi connectivity index (χ1v) is 7.65. The van der Waals surface area contributed by atoms with Crippen LogP contribution in [0.3, 0.4) is 0 Å². The van der Waals surface area contributed by atoms with Crippen LogP contribution in [0.5, 0.6) is 5.75 Å². The molecule has 0 aliphatic carbocycles. The molecule has 1 aliphatic rings. The van der Waals surface area contributed by atoms with Gasteiger partial charge >= 0.3 is 5.97 Å². The Morgan fingerprint density at radius 1 is 1.17 bits per heavy atom. The monoisotopic (exact) mass is 323 g/mol. The Hall–Kier alpha value is -2.11. The summed E-state index contributed by atoms with van der Waals surface area (Å²) in [5.74, 6) is -0.435. The van der Waals surface area contributed by atoms with Crippen molar-refractivity contribution >= 4 is 11.9 Å². The molecule has 0 N–H and O–H groups in total. The lowest BCUT2D eigenvalue weighted by atomic mass is 9.95. The van der Waals surface area contributed by atoms with E-state index in [2.05, 4.69) is 0 Å². The van der Waals surface area contributed by atoms with Crippen molar-refractivity contribution < 1.29 is 23.5 Å². The molecule has 1 fully saturated rings. The van der Waals surface area contributed by atoms with Crippen LogP contribution in [-0.4, -0.2) is 42.6 Å². The number of nitrogens with zero attached hydrogens (tertiary/aromatic N) is 1. The van der Waals surface area contributed by atoms with Crippen LogP contribution in [-0.2, 0) is 14.3 Å². The van der Waals surface area contributed by atoms with E-state index in [0.29, 0.717) is 31.7 Å². The molecule has 0 atom stereocenters. The normalized spacial score (nSPS) is 16.1. The molecule has 0 bridgehead atoms. The third-order valence-corrected chi connectivity index (χ3v) is 4.02. The Bertz CT molecular complexity index is 562. The van der Waals surface area contributed by atoms with Gasteiger partial charge in [-0.05, 0) is 51.0 Å². The molecule has 1 aliphatic heterocycles. The second-order valence-electron chi connectivity index (χ2n) is 6.16. The van der Waals surface area contributed by atoms with Gasteiger partial charge in [0.05, 0.1) is 13.0 Å². The van der Waals surface area contributed by atoms with E-state index in [0.717, 1.165) is 0 Å². The van der Waals surface area contributed by atoms with E-state index in [-0.39, 0.29) is 23.6 Å². The standard InChI is InChI=1S/C17H22FNO4/c1-17(2,23-14-6-4-13(18)5-7-14)16(21)19-10-8-12(9-11-19)15(20)22-3/h4-7,12H,8-11H2,1-3H3. The Kier molecular flexibility index (Phi) is 5.23. The van der Waals surface area contributed by atoms with Gasteiger partial charge < -0.3 is 14.4 Å². The highest BCUT2D eigenvalue weighted by Crippen LogP contribution is 2.24. The summed E-state index contributed by atoms with van der Waals surface area (Å²) in [6.45, 7) is 4.36. The van der Waals surface area contributed by atoms with Crippen molar-refractivity contribution in [1.82, 2.24) is 4.90 Å². The number of amides is 1. The van der Waals surface area contributed by atoms with E-state index in [1.807, 2.05) is 0 Å². The zero-order valence-corrected chi connectivity index (χ0v) is 13.7. The van der Waals surface area contributed by atoms with Crippen molar-refractivity contribution in [3.8, 4) is 5.75 Å². The van der Waals surface area contributed by atoms with Gasteiger partial charge in [-0.1, -0.05) is 0 Å². The average Bonchev–Trinajstić information content (AvgIpc) is 2.55. The largest absolute Gasteiger partial charge is 0.478 e. The maximum atomic E-state index is 12.9. The number of hydrogen-bond acceptors (Lipinski definition) is 4. The van der Waals surface area contributed by atoms with Crippen LogP contribution < -0.4 is 4.74 Å². The number of rotatable bonds is 4. The van der Waals surface area contributed by atoms with E-state index < -0.39 is 5.60 Å². The molecule has 1 saturated heterocycles. The summed E-state index contributed by atoms with van der Waals surface area (Å²) in [5.41, 5.74) is -1.06. The first-order valence-electron chi connectivity index (χ1n) is 7.65. The predicted molar refractivity (Wildman–Crippen MR) is 82.4 cm³/mol. The summed E-state index contributed by atoms with van der Waals surface area (Å²) < 4.78 is 23.4. The first-order chi connectivity index (χ1) is 10.8. The third-order valence-electron chi connectivity index (χ3n) is 4.02. The summed E-state index contributed by atoms with van der Waals surface area (Å²) in [4.78, 5) is 25.9. The zero-order chi connectivity index (χ0) is 17.0. The molecule has 0 radical (unpaired) electrons. The Balaban J connectivity index is 1.96. The number of methoxy groups -OCH3 is 1. The summed E-state index contributed by atoms with van der Waals surface area (Å²) in [5, 5.41) is 0. The van der Waals surface area contributed by atoms with E-state index in [1.54, 1.807) is 18.7 Å². The number of hydrogen-bond donors (Lipinski definition) is 0. The number of carbonyl (C=O) groups is 2. The molecule has 6 heteroatoms. The second kappa shape index (κ2) is 6.98. The Morgan fingerprint density at radius 3 is 2.26 bits per heavy atom. The fourth-order valence-corrected chi connectivity index (χ4v) is 2.71. The van der Waals surface area contributed by atoms with E-state index >= 15 is 0 Å². The smallest absolute Gasteiger partial charge is 0.308 e. The zero-order valence-electron chi connectivity index (χ0n) is 13.7. The molecular weight excluding hydrogens is 301 g/mol. The van der Waals surface area contributed by atoms with Gasteiger partial charge in [0.2, 0.25) is 0 Å². The van der Waals surface area contributed by atoms with Gasteiger partial charge in [0, 0.05) is 13.1 Å². The van der Waals surface area contributed by atoms with Crippen LogP contribution in [0.4, 0.5) is 4.39 Å². The molecule has 126 valence electrons. The number of carbonyl (C=O) groups excluding carboxylic acids is 2. The van der Waals surface area contributed by atoms with Crippen molar-refractivity contribution in [2.24, 2.45) is 5.92 Å². The van der Waals surface area contributed by atoms with Crippen molar-refractivity contribution in [2.75, 3.05) is 20.2 Å². The van der Waals surface area contributed by atoms with Crippen LogP contribution in [0, 0.1) is 11.7 Å². The molecule has 1 heterocycles. The fourth-order valence-electron chi connectivity index (χ4n) is 2.71. The molecule has 23 heavy (non-hydrogen) atoms. The molecule has 5 nitrogen and oxygen atoms in total. The predicted octanol–water partition coefficient (Wildman–Crippen LogP) is 2.39. The van der Waals surface area contributed by atoms with Crippen LogP contribution >= 0.6 is 0 Å². The van der Waals surface area contributed by atoms with E-state index in [9.17, 15) is 14.0 Å². The van der Waals surface area contributed by atoms with Crippen molar-refractivity contribution in [1.29, 1.82) is 0 Å². The fraction of sp³-hybridized carbons (Fsp3) is 0.529. The van der Waals surface area contributed by atoms with Crippen LogP contribution in [0.2, 0.25) is 0 Å². The molecule has 1 aromatic carbocycles. The van der Waals surface area contributed by atoms with Gasteiger partial charge in [-0.3, -0.25) is 9.59 Å². The van der Waals surface area contributed by atoms with Crippen molar-refractivity contribution in [2.45, 2.75) is 32.3 Å². The van der Waals surface area contributed by atoms with Gasteiger partial charge in [-0.15, -0.1) is 0 Å². The molecule has 0 spiro atoms.